The van der Waals surface area contributed by atoms with Crippen LogP contribution in [0.1, 0.15) is 18.4 Å². The third kappa shape index (κ3) is 3.67. The number of likely N-dealkylation sites (N-methyl/N-ethyl adjacent to an activating group) is 1. The Morgan fingerprint density at radius 1 is 1.58 bits per heavy atom. The van der Waals surface area contributed by atoms with Gasteiger partial charge in [0.25, 0.3) is 0 Å². The predicted octanol–water partition coefficient (Wildman–Crippen LogP) is 2.25. The number of hydrogen-bond acceptors (Lipinski definition) is 2. The van der Waals surface area contributed by atoms with Crippen molar-refractivity contribution in [3.63, 3.8) is 0 Å². The number of aliphatic hydroxyl groups excluding tert-OH is 1. The van der Waals surface area contributed by atoms with Crippen LogP contribution >= 0.6 is 11.6 Å². The Morgan fingerprint density at radius 2 is 2.26 bits per heavy atom. The lowest BCUT2D eigenvalue weighted by atomic mass is 10.1. The van der Waals surface area contributed by atoms with Crippen molar-refractivity contribution in [1.29, 1.82) is 0 Å². The summed E-state index contributed by atoms with van der Waals surface area (Å²) in [5.74, 6) is -0.406. The number of carbonyl (C=O) groups excluding carboxylic acids is 1. The minimum atomic E-state index is -0.481. The van der Waals surface area contributed by atoms with Gasteiger partial charge in [-0.1, -0.05) is 17.7 Å². The molecule has 1 fully saturated rings. The third-order valence-corrected chi connectivity index (χ3v) is 3.80. The van der Waals surface area contributed by atoms with E-state index in [-0.39, 0.29) is 29.5 Å². The van der Waals surface area contributed by atoms with Crippen molar-refractivity contribution in [1.82, 2.24) is 4.90 Å². The average molecular weight is 286 g/mol. The number of amides is 1. The maximum atomic E-state index is 13.6. The fourth-order valence-electron chi connectivity index (χ4n) is 2.00. The van der Waals surface area contributed by atoms with E-state index < -0.39 is 11.9 Å². The quantitative estimate of drug-likeness (QED) is 0.901. The Morgan fingerprint density at radius 3 is 2.84 bits per heavy atom. The molecule has 2 rings (SSSR count). The number of halogens is 2. The lowest BCUT2D eigenvalue weighted by Crippen LogP contribution is -2.36. The standard InChI is InChI=1S/C14H17ClFNO2/c1-17(8-13(18)9-5-6-9)14(19)7-10-11(15)3-2-4-12(10)16/h2-4,9,13,18H,5-8H2,1H3. The molecule has 1 atom stereocenters. The zero-order valence-corrected chi connectivity index (χ0v) is 11.5. The van der Waals surface area contributed by atoms with Gasteiger partial charge in [0.05, 0.1) is 12.5 Å². The molecular formula is C14H17ClFNO2. The van der Waals surface area contributed by atoms with Crippen LogP contribution in [0.2, 0.25) is 5.02 Å². The molecule has 0 radical (unpaired) electrons. The minimum Gasteiger partial charge on any atom is -0.391 e. The smallest absolute Gasteiger partial charge is 0.226 e. The summed E-state index contributed by atoms with van der Waals surface area (Å²) in [5, 5.41) is 10.0. The number of rotatable bonds is 5. The lowest BCUT2D eigenvalue weighted by molar-refractivity contribution is -0.130. The van der Waals surface area contributed by atoms with Crippen molar-refractivity contribution in [2.75, 3.05) is 13.6 Å². The highest BCUT2D eigenvalue weighted by molar-refractivity contribution is 6.31. The monoisotopic (exact) mass is 285 g/mol. The minimum absolute atomic E-state index is 0.0839. The molecule has 1 unspecified atom stereocenters. The van der Waals surface area contributed by atoms with E-state index in [2.05, 4.69) is 0 Å². The van der Waals surface area contributed by atoms with Gasteiger partial charge < -0.3 is 10.0 Å². The number of carbonyl (C=O) groups is 1. The van der Waals surface area contributed by atoms with Gasteiger partial charge in [-0.25, -0.2) is 4.39 Å². The highest BCUT2D eigenvalue weighted by atomic mass is 35.5. The first-order valence-electron chi connectivity index (χ1n) is 6.34. The SMILES string of the molecule is CN(CC(O)C1CC1)C(=O)Cc1c(F)cccc1Cl. The van der Waals surface area contributed by atoms with Crippen LogP contribution in [-0.2, 0) is 11.2 Å². The molecule has 3 nitrogen and oxygen atoms in total. The Hall–Kier alpha value is -1.13. The van der Waals surface area contributed by atoms with Crippen LogP contribution in [0, 0.1) is 11.7 Å². The summed E-state index contributed by atoms with van der Waals surface area (Å²) in [7, 11) is 1.61. The van der Waals surface area contributed by atoms with Crippen molar-refractivity contribution < 1.29 is 14.3 Å². The van der Waals surface area contributed by atoms with Crippen molar-refractivity contribution in [3.05, 3.63) is 34.6 Å². The molecule has 0 bridgehead atoms. The van der Waals surface area contributed by atoms with Crippen LogP contribution < -0.4 is 0 Å². The van der Waals surface area contributed by atoms with Gasteiger partial charge in [-0.2, -0.15) is 0 Å². The van der Waals surface area contributed by atoms with Crippen LogP contribution in [0.15, 0.2) is 18.2 Å². The molecule has 5 heteroatoms. The zero-order valence-electron chi connectivity index (χ0n) is 10.8. The Kier molecular flexibility index (Phi) is 4.42. The zero-order chi connectivity index (χ0) is 14.0. The van der Waals surface area contributed by atoms with Gasteiger partial charge in [-0.3, -0.25) is 4.79 Å². The summed E-state index contributed by atoms with van der Waals surface area (Å²) >= 11 is 5.88. The van der Waals surface area contributed by atoms with E-state index in [1.807, 2.05) is 0 Å². The number of benzene rings is 1. The van der Waals surface area contributed by atoms with E-state index in [4.69, 9.17) is 11.6 Å². The summed E-state index contributed by atoms with van der Waals surface area (Å²) in [5.41, 5.74) is 0.210. The molecule has 0 spiro atoms. The van der Waals surface area contributed by atoms with Crippen molar-refractivity contribution >= 4 is 17.5 Å². The second-order valence-electron chi connectivity index (χ2n) is 5.06. The maximum absolute atomic E-state index is 13.6. The summed E-state index contributed by atoms with van der Waals surface area (Å²) in [6.45, 7) is 0.287. The molecular weight excluding hydrogens is 269 g/mol. The largest absolute Gasteiger partial charge is 0.391 e. The Balaban J connectivity index is 1.96. The topological polar surface area (TPSA) is 40.5 Å². The van der Waals surface area contributed by atoms with Crippen LogP contribution in [0.4, 0.5) is 4.39 Å². The van der Waals surface area contributed by atoms with Crippen molar-refractivity contribution in [2.24, 2.45) is 5.92 Å². The average Bonchev–Trinajstić information content (AvgIpc) is 3.17. The summed E-state index contributed by atoms with van der Waals surface area (Å²) in [6, 6.07) is 4.35. The van der Waals surface area contributed by atoms with E-state index in [1.54, 1.807) is 13.1 Å². The van der Waals surface area contributed by atoms with E-state index in [0.29, 0.717) is 5.92 Å². The molecule has 0 saturated heterocycles. The second kappa shape index (κ2) is 5.88. The molecule has 0 aromatic heterocycles. The molecule has 1 saturated carbocycles. The first kappa shape index (κ1) is 14.3. The molecule has 1 aromatic carbocycles. The first-order valence-corrected chi connectivity index (χ1v) is 6.71. The molecule has 1 aliphatic carbocycles. The van der Waals surface area contributed by atoms with E-state index in [1.165, 1.54) is 17.0 Å². The second-order valence-corrected chi connectivity index (χ2v) is 5.46. The van der Waals surface area contributed by atoms with Gasteiger partial charge in [0.1, 0.15) is 5.82 Å². The van der Waals surface area contributed by atoms with Gasteiger partial charge in [-0.15, -0.1) is 0 Å². The van der Waals surface area contributed by atoms with E-state index in [0.717, 1.165) is 12.8 Å². The molecule has 0 aliphatic heterocycles. The van der Waals surface area contributed by atoms with Crippen LogP contribution in [0.5, 0.6) is 0 Å². The fraction of sp³-hybridized carbons (Fsp3) is 0.500. The van der Waals surface area contributed by atoms with Gasteiger partial charge in [-0.05, 0) is 30.9 Å². The van der Waals surface area contributed by atoms with Crippen LogP contribution in [0.3, 0.4) is 0 Å². The van der Waals surface area contributed by atoms with Gasteiger partial charge in [0.2, 0.25) is 5.91 Å². The highest BCUT2D eigenvalue weighted by Gasteiger charge is 2.31. The third-order valence-electron chi connectivity index (χ3n) is 3.44. The fourth-order valence-corrected chi connectivity index (χ4v) is 2.23. The molecule has 19 heavy (non-hydrogen) atoms. The van der Waals surface area contributed by atoms with Gasteiger partial charge in [0, 0.05) is 24.2 Å². The van der Waals surface area contributed by atoms with Gasteiger partial charge >= 0.3 is 0 Å². The normalized spacial score (nSPS) is 16.2. The molecule has 0 heterocycles. The lowest BCUT2D eigenvalue weighted by Gasteiger charge is -2.21. The van der Waals surface area contributed by atoms with Crippen LogP contribution in [0.25, 0.3) is 0 Å². The van der Waals surface area contributed by atoms with Crippen LogP contribution in [-0.4, -0.2) is 35.6 Å². The number of aliphatic hydroxyl groups is 1. The number of nitrogens with zero attached hydrogens (tertiary/aromatic N) is 1. The number of hydrogen-bond donors (Lipinski definition) is 1. The molecule has 1 N–H and O–H groups in total. The highest BCUT2D eigenvalue weighted by Crippen LogP contribution is 2.32. The molecule has 1 aromatic rings. The summed E-state index contributed by atoms with van der Waals surface area (Å²) in [6.07, 6.45) is 1.47. The summed E-state index contributed by atoms with van der Waals surface area (Å²) in [4.78, 5) is 13.4. The Bertz CT molecular complexity index is 456. The van der Waals surface area contributed by atoms with Gasteiger partial charge in [0.15, 0.2) is 0 Å². The Labute approximate surface area is 117 Å². The van der Waals surface area contributed by atoms with E-state index in [9.17, 15) is 14.3 Å². The first-order chi connectivity index (χ1) is 8.99. The van der Waals surface area contributed by atoms with Crippen molar-refractivity contribution in [2.45, 2.75) is 25.4 Å². The molecule has 1 amide bonds. The van der Waals surface area contributed by atoms with Crippen molar-refractivity contribution in [3.8, 4) is 0 Å². The van der Waals surface area contributed by atoms with E-state index >= 15 is 0 Å². The summed E-state index contributed by atoms with van der Waals surface area (Å²) < 4.78 is 13.6. The predicted molar refractivity (Wildman–Crippen MR) is 71.5 cm³/mol. The maximum Gasteiger partial charge on any atom is 0.226 e. The molecule has 1 aliphatic rings. The molecule has 104 valence electrons.